The summed E-state index contributed by atoms with van der Waals surface area (Å²) in [5, 5.41) is 5.86. The van der Waals surface area contributed by atoms with Gasteiger partial charge in [0.25, 0.3) is 5.91 Å². The van der Waals surface area contributed by atoms with Crippen LogP contribution < -0.4 is 10.6 Å². The summed E-state index contributed by atoms with van der Waals surface area (Å²) < 4.78 is 5.39. The standard InChI is InChI=1S/C21H25N3O3S/c1-13-15(19(25)23-14-7-10-22-11-8-14)5-6-16-17(9-12-28-18(13)16)24-20(26)27-21(2,3)4/h5-8,10-11,17H,9,12H2,1-4H3,(H,24,26)(H,22,23,25). The number of rotatable bonds is 3. The molecule has 7 heteroatoms. The van der Waals surface area contributed by atoms with E-state index in [0.29, 0.717) is 11.3 Å². The van der Waals surface area contributed by atoms with E-state index >= 15 is 0 Å². The maximum Gasteiger partial charge on any atom is 0.408 e. The number of anilines is 1. The highest BCUT2D eigenvalue weighted by atomic mass is 32.2. The first-order valence-corrected chi connectivity index (χ1v) is 10.2. The van der Waals surface area contributed by atoms with E-state index in [0.717, 1.165) is 28.2 Å². The smallest absolute Gasteiger partial charge is 0.408 e. The van der Waals surface area contributed by atoms with Gasteiger partial charge in [-0.05, 0) is 63.4 Å². The highest BCUT2D eigenvalue weighted by Crippen LogP contribution is 2.39. The van der Waals surface area contributed by atoms with Crippen molar-refractivity contribution in [2.75, 3.05) is 11.1 Å². The summed E-state index contributed by atoms with van der Waals surface area (Å²) in [6.07, 6.45) is 3.67. The number of ether oxygens (including phenoxy) is 1. The van der Waals surface area contributed by atoms with E-state index in [4.69, 9.17) is 4.74 Å². The van der Waals surface area contributed by atoms with Crippen LogP contribution in [0.15, 0.2) is 41.6 Å². The SMILES string of the molecule is Cc1c(C(=O)Nc2ccncc2)ccc2c1SCCC2NC(=O)OC(C)(C)C. The minimum Gasteiger partial charge on any atom is -0.444 e. The van der Waals surface area contributed by atoms with Gasteiger partial charge >= 0.3 is 6.09 Å². The summed E-state index contributed by atoms with van der Waals surface area (Å²) in [7, 11) is 0. The molecule has 0 saturated heterocycles. The third-order valence-corrected chi connectivity index (χ3v) is 5.61. The van der Waals surface area contributed by atoms with Gasteiger partial charge in [0.2, 0.25) is 0 Å². The molecule has 1 unspecified atom stereocenters. The van der Waals surface area contributed by atoms with Crippen molar-refractivity contribution in [1.82, 2.24) is 10.3 Å². The monoisotopic (exact) mass is 399 g/mol. The summed E-state index contributed by atoms with van der Waals surface area (Å²) in [5.41, 5.74) is 2.74. The van der Waals surface area contributed by atoms with Gasteiger partial charge in [0.15, 0.2) is 0 Å². The zero-order chi connectivity index (χ0) is 20.3. The Morgan fingerprint density at radius 1 is 1.18 bits per heavy atom. The molecule has 2 heterocycles. The quantitative estimate of drug-likeness (QED) is 0.782. The van der Waals surface area contributed by atoms with Crippen molar-refractivity contribution in [3.63, 3.8) is 0 Å². The Morgan fingerprint density at radius 2 is 1.89 bits per heavy atom. The van der Waals surface area contributed by atoms with Crippen molar-refractivity contribution in [2.45, 2.75) is 50.7 Å². The van der Waals surface area contributed by atoms with E-state index in [-0.39, 0.29) is 11.9 Å². The fourth-order valence-corrected chi connectivity index (χ4v) is 4.35. The second kappa shape index (κ2) is 8.22. The zero-order valence-corrected chi connectivity index (χ0v) is 17.4. The Morgan fingerprint density at radius 3 is 2.57 bits per heavy atom. The highest BCUT2D eigenvalue weighted by molar-refractivity contribution is 7.99. The van der Waals surface area contributed by atoms with Crippen molar-refractivity contribution < 1.29 is 14.3 Å². The number of carbonyl (C=O) groups excluding carboxylic acids is 2. The number of thioether (sulfide) groups is 1. The molecular formula is C21H25N3O3S. The van der Waals surface area contributed by atoms with E-state index in [9.17, 15) is 9.59 Å². The number of amides is 2. The van der Waals surface area contributed by atoms with Crippen molar-refractivity contribution in [3.8, 4) is 0 Å². The van der Waals surface area contributed by atoms with Crippen LogP contribution in [-0.2, 0) is 4.74 Å². The van der Waals surface area contributed by atoms with Crippen molar-refractivity contribution in [1.29, 1.82) is 0 Å². The lowest BCUT2D eigenvalue weighted by atomic mass is 9.97. The first kappa shape index (κ1) is 20.2. The predicted octanol–water partition coefficient (Wildman–Crippen LogP) is 4.70. The van der Waals surface area contributed by atoms with Gasteiger partial charge in [0.1, 0.15) is 5.60 Å². The molecule has 2 aromatic rings. The number of benzene rings is 1. The van der Waals surface area contributed by atoms with Gasteiger partial charge in [-0.25, -0.2) is 4.79 Å². The van der Waals surface area contributed by atoms with Gasteiger partial charge in [-0.3, -0.25) is 9.78 Å². The molecular weight excluding hydrogens is 374 g/mol. The number of nitrogens with one attached hydrogen (secondary N) is 2. The van der Waals surface area contributed by atoms with Gasteiger partial charge < -0.3 is 15.4 Å². The number of pyridine rings is 1. The number of carbonyl (C=O) groups is 2. The first-order valence-electron chi connectivity index (χ1n) is 9.22. The normalized spacial score (nSPS) is 16.1. The molecule has 2 N–H and O–H groups in total. The minimum absolute atomic E-state index is 0.123. The van der Waals surface area contributed by atoms with Crippen LogP contribution in [0.3, 0.4) is 0 Å². The molecule has 1 aliphatic rings. The fourth-order valence-electron chi connectivity index (χ4n) is 3.09. The molecule has 6 nitrogen and oxygen atoms in total. The van der Waals surface area contributed by atoms with Crippen molar-refractivity contribution in [3.05, 3.63) is 53.3 Å². The second-order valence-corrected chi connectivity index (χ2v) is 8.79. The number of alkyl carbamates (subject to hydrolysis) is 1. The molecule has 2 amide bonds. The largest absolute Gasteiger partial charge is 0.444 e. The molecule has 0 radical (unpaired) electrons. The molecule has 0 spiro atoms. The lowest BCUT2D eigenvalue weighted by Gasteiger charge is -2.29. The summed E-state index contributed by atoms with van der Waals surface area (Å²) in [6, 6.07) is 7.13. The van der Waals surface area contributed by atoms with E-state index in [2.05, 4.69) is 15.6 Å². The highest BCUT2D eigenvalue weighted by Gasteiger charge is 2.27. The number of fused-ring (bicyclic) bond motifs is 1. The number of nitrogens with zero attached hydrogens (tertiary/aromatic N) is 1. The van der Waals surface area contributed by atoms with Crippen LogP contribution >= 0.6 is 11.8 Å². The topological polar surface area (TPSA) is 80.3 Å². The average molecular weight is 400 g/mol. The Hall–Kier alpha value is -2.54. The third-order valence-electron chi connectivity index (χ3n) is 4.34. The van der Waals surface area contributed by atoms with E-state index in [1.165, 1.54) is 0 Å². The van der Waals surface area contributed by atoms with Crippen LogP contribution in [-0.4, -0.2) is 28.3 Å². The Labute approximate surface area is 169 Å². The van der Waals surface area contributed by atoms with Gasteiger partial charge in [0, 0.05) is 34.3 Å². The first-order chi connectivity index (χ1) is 13.2. The lowest BCUT2D eigenvalue weighted by Crippen LogP contribution is -2.36. The van der Waals surface area contributed by atoms with Crippen LogP contribution in [0.25, 0.3) is 0 Å². The Balaban J connectivity index is 1.80. The van der Waals surface area contributed by atoms with Crippen molar-refractivity contribution >= 4 is 29.4 Å². The minimum atomic E-state index is -0.541. The van der Waals surface area contributed by atoms with Crippen LogP contribution in [0, 0.1) is 6.92 Å². The zero-order valence-electron chi connectivity index (χ0n) is 16.5. The van der Waals surface area contributed by atoms with Crippen molar-refractivity contribution in [2.24, 2.45) is 0 Å². The van der Waals surface area contributed by atoms with Gasteiger partial charge in [0.05, 0.1) is 6.04 Å². The van der Waals surface area contributed by atoms with E-state index in [1.54, 1.807) is 36.3 Å². The fraction of sp³-hybridized carbons (Fsp3) is 0.381. The summed E-state index contributed by atoms with van der Waals surface area (Å²) in [5.74, 6) is 0.707. The molecule has 0 saturated carbocycles. The Kier molecular flexibility index (Phi) is 5.93. The van der Waals surface area contributed by atoms with Crippen LogP contribution in [0.2, 0.25) is 0 Å². The molecule has 148 valence electrons. The average Bonchev–Trinajstić information content (AvgIpc) is 2.61. The molecule has 1 aliphatic heterocycles. The van der Waals surface area contributed by atoms with Gasteiger partial charge in [-0.2, -0.15) is 0 Å². The predicted molar refractivity (Wildman–Crippen MR) is 111 cm³/mol. The summed E-state index contributed by atoms with van der Waals surface area (Å²) in [4.78, 5) is 29.9. The molecule has 0 fully saturated rings. The molecule has 0 aliphatic carbocycles. The maximum atomic E-state index is 12.7. The van der Waals surface area contributed by atoms with Crippen LogP contribution in [0.5, 0.6) is 0 Å². The van der Waals surface area contributed by atoms with E-state index in [1.807, 2.05) is 39.8 Å². The number of aromatic nitrogens is 1. The van der Waals surface area contributed by atoms with Gasteiger partial charge in [-0.15, -0.1) is 11.8 Å². The lowest BCUT2D eigenvalue weighted by molar-refractivity contribution is 0.0501. The molecule has 28 heavy (non-hydrogen) atoms. The van der Waals surface area contributed by atoms with Crippen LogP contribution in [0.1, 0.15) is 54.7 Å². The third kappa shape index (κ3) is 4.84. The second-order valence-electron chi connectivity index (χ2n) is 7.68. The molecule has 3 rings (SSSR count). The summed E-state index contributed by atoms with van der Waals surface area (Å²) in [6.45, 7) is 7.47. The van der Waals surface area contributed by atoms with Gasteiger partial charge in [-0.1, -0.05) is 6.07 Å². The molecule has 1 atom stereocenters. The Bertz CT molecular complexity index is 878. The molecule has 1 aromatic heterocycles. The number of hydrogen-bond donors (Lipinski definition) is 2. The maximum absolute atomic E-state index is 12.7. The molecule has 0 bridgehead atoms. The number of hydrogen-bond acceptors (Lipinski definition) is 5. The molecule has 1 aromatic carbocycles. The summed E-state index contributed by atoms with van der Waals surface area (Å²) >= 11 is 1.72. The van der Waals surface area contributed by atoms with Crippen LogP contribution in [0.4, 0.5) is 10.5 Å². The van der Waals surface area contributed by atoms with E-state index < -0.39 is 11.7 Å².